The molecule has 1 saturated heterocycles. The van der Waals surface area contributed by atoms with Crippen LogP contribution in [0.3, 0.4) is 0 Å². The lowest BCUT2D eigenvalue weighted by Gasteiger charge is -2.37. The van der Waals surface area contributed by atoms with Crippen LogP contribution < -0.4 is 5.32 Å². The van der Waals surface area contributed by atoms with E-state index in [0.717, 1.165) is 12.5 Å². The summed E-state index contributed by atoms with van der Waals surface area (Å²) in [4.78, 5) is 2.60. The standard InChI is InChI=1S/C16H26N2/c1-12-5-6-13(2)15(9-12)11-18-8-7-16(17-4)14(3)10-18/h5-6,9,14,16-17H,7-8,10-11H2,1-4H3. The highest BCUT2D eigenvalue weighted by Gasteiger charge is 2.24. The summed E-state index contributed by atoms with van der Waals surface area (Å²) in [5.41, 5.74) is 4.28. The van der Waals surface area contributed by atoms with Crippen LogP contribution in [-0.4, -0.2) is 31.1 Å². The molecule has 0 aromatic heterocycles. The Kier molecular flexibility index (Phi) is 4.41. The molecule has 2 atom stereocenters. The van der Waals surface area contributed by atoms with E-state index in [4.69, 9.17) is 0 Å². The minimum absolute atomic E-state index is 0.694. The van der Waals surface area contributed by atoms with Crippen molar-refractivity contribution in [3.05, 3.63) is 34.9 Å². The molecule has 1 fully saturated rings. The van der Waals surface area contributed by atoms with Crippen molar-refractivity contribution in [3.63, 3.8) is 0 Å². The van der Waals surface area contributed by atoms with E-state index in [1.807, 2.05) is 0 Å². The summed E-state index contributed by atoms with van der Waals surface area (Å²) >= 11 is 0. The van der Waals surface area contributed by atoms with Crippen LogP contribution in [-0.2, 0) is 6.54 Å². The first-order valence-electron chi connectivity index (χ1n) is 7.06. The Morgan fingerprint density at radius 2 is 2.11 bits per heavy atom. The zero-order chi connectivity index (χ0) is 13.1. The molecule has 2 rings (SSSR count). The molecule has 2 unspecified atom stereocenters. The van der Waals surface area contributed by atoms with Gasteiger partial charge in [-0.1, -0.05) is 30.7 Å². The minimum Gasteiger partial charge on any atom is -0.317 e. The highest BCUT2D eigenvalue weighted by molar-refractivity contribution is 5.30. The topological polar surface area (TPSA) is 15.3 Å². The quantitative estimate of drug-likeness (QED) is 0.882. The third-order valence-corrected chi connectivity index (χ3v) is 4.26. The van der Waals surface area contributed by atoms with Gasteiger partial charge in [0.05, 0.1) is 0 Å². The molecular weight excluding hydrogens is 220 g/mol. The normalized spacial score (nSPS) is 25.3. The van der Waals surface area contributed by atoms with Gasteiger partial charge in [0.2, 0.25) is 0 Å². The van der Waals surface area contributed by atoms with Crippen LogP contribution in [0.2, 0.25) is 0 Å². The second-order valence-corrected chi connectivity index (χ2v) is 5.83. The second kappa shape index (κ2) is 5.85. The van der Waals surface area contributed by atoms with Crippen molar-refractivity contribution in [2.75, 3.05) is 20.1 Å². The van der Waals surface area contributed by atoms with Crippen molar-refractivity contribution in [2.45, 2.75) is 39.8 Å². The predicted molar refractivity (Wildman–Crippen MR) is 77.8 cm³/mol. The molecule has 0 radical (unpaired) electrons. The van der Waals surface area contributed by atoms with Crippen molar-refractivity contribution >= 4 is 0 Å². The van der Waals surface area contributed by atoms with E-state index < -0.39 is 0 Å². The molecule has 18 heavy (non-hydrogen) atoms. The lowest BCUT2D eigenvalue weighted by Crippen LogP contribution is -2.46. The fraction of sp³-hybridized carbons (Fsp3) is 0.625. The average Bonchev–Trinajstić information content (AvgIpc) is 2.34. The summed E-state index contributed by atoms with van der Waals surface area (Å²) in [6, 6.07) is 7.48. The lowest BCUT2D eigenvalue weighted by atomic mass is 9.93. The summed E-state index contributed by atoms with van der Waals surface area (Å²) in [5.74, 6) is 0.744. The van der Waals surface area contributed by atoms with Crippen LogP contribution in [0.15, 0.2) is 18.2 Å². The Bertz CT molecular complexity index is 400. The van der Waals surface area contributed by atoms with Gasteiger partial charge in [0.1, 0.15) is 0 Å². The van der Waals surface area contributed by atoms with Crippen molar-refractivity contribution in [3.8, 4) is 0 Å². The van der Waals surface area contributed by atoms with Crippen molar-refractivity contribution in [1.29, 1.82) is 0 Å². The number of piperidine rings is 1. The number of hydrogen-bond acceptors (Lipinski definition) is 2. The van der Waals surface area contributed by atoms with E-state index in [1.165, 1.54) is 36.2 Å². The maximum Gasteiger partial charge on any atom is 0.0236 e. The highest BCUT2D eigenvalue weighted by atomic mass is 15.1. The summed E-state index contributed by atoms with van der Waals surface area (Å²) in [6.45, 7) is 10.3. The summed E-state index contributed by atoms with van der Waals surface area (Å²) in [6.07, 6.45) is 1.27. The third-order valence-electron chi connectivity index (χ3n) is 4.26. The number of hydrogen-bond donors (Lipinski definition) is 1. The van der Waals surface area contributed by atoms with E-state index in [2.05, 4.69) is 56.2 Å². The second-order valence-electron chi connectivity index (χ2n) is 5.83. The van der Waals surface area contributed by atoms with Crippen LogP contribution >= 0.6 is 0 Å². The van der Waals surface area contributed by atoms with Gasteiger partial charge in [-0.15, -0.1) is 0 Å². The van der Waals surface area contributed by atoms with E-state index >= 15 is 0 Å². The van der Waals surface area contributed by atoms with Gasteiger partial charge in [-0.05, 0) is 50.9 Å². The largest absolute Gasteiger partial charge is 0.317 e. The SMILES string of the molecule is CNC1CCN(Cc2cc(C)ccc2C)CC1C. The average molecular weight is 246 g/mol. The molecule has 1 heterocycles. The Hall–Kier alpha value is -0.860. The maximum atomic E-state index is 3.43. The van der Waals surface area contributed by atoms with Gasteiger partial charge in [0.25, 0.3) is 0 Å². The molecule has 0 spiro atoms. The van der Waals surface area contributed by atoms with Crippen LogP contribution in [0.5, 0.6) is 0 Å². The smallest absolute Gasteiger partial charge is 0.0236 e. The summed E-state index contributed by atoms with van der Waals surface area (Å²) < 4.78 is 0. The van der Waals surface area contributed by atoms with E-state index in [9.17, 15) is 0 Å². The van der Waals surface area contributed by atoms with Gasteiger partial charge in [0, 0.05) is 19.1 Å². The molecule has 100 valence electrons. The summed E-state index contributed by atoms with van der Waals surface area (Å²) in [5, 5.41) is 3.43. The molecule has 0 bridgehead atoms. The van der Waals surface area contributed by atoms with Crippen molar-refractivity contribution in [1.82, 2.24) is 10.2 Å². The Balaban J connectivity index is 2.00. The van der Waals surface area contributed by atoms with Gasteiger partial charge >= 0.3 is 0 Å². The number of rotatable bonds is 3. The van der Waals surface area contributed by atoms with Gasteiger partial charge in [-0.2, -0.15) is 0 Å². The molecule has 1 aliphatic rings. The monoisotopic (exact) mass is 246 g/mol. The van der Waals surface area contributed by atoms with Gasteiger partial charge in [0.15, 0.2) is 0 Å². The van der Waals surface area contributed by atoms with Crippen molar-refractivity contribution < 1.29 is 0 Å². The number of benzene rings is 1. The molecule has 1 N–H and O–H groups in total. The molecule has 2 nitrogen and oxygen atoms in total. The number of nitrogens with one attached hydrogen (secondary N) is 1. The number of nitrogens with zero attached hydrogens (tertiary/aromatic N) is 1. The molecule has 0 saturated carbocycles. The van der Waals surface area contributed by atoms with Crippen LogP contribution in [0.1, 0.15) is 30.0 Å². The highest BCUT2D eigenvalue weighted by Crippen LogP contribution is 2.20. The molecular formula is C16H26N2. The molecule has 0 amide bonds. The molecule has 1 aliphatic heterocycles. The minimum atomic E-state index is 0.694. The predicted octanol–water partition coefficient (Wildman–Crippen LogP) is 2.73. The molecule has 1 aromatic rings. The van der Waals surface area contributed by atoms with E-state index in [-0.39, 0.29) is 0 Å². The third kappa shape index (κ3) is 3.12. The maximum absolute atomic E-state index is 3.43. The fourth-order valence-electron chi connectivity index (χ4n) is 3.02. The van der Waals surface area contributed by atoms with Gasteiger partial charge in [-0.3, -0.25) is 4.90 Å². The molecule has 0 aliphatic carbocycles. The first-order valence-corrected chi connectivity index (χ1v) is 7.06. The van der Waals surface area contributed by atoms with Crippen LogP contribution in [0, 0.1) is 19.8 Å². The van der Waals surface area contributed by atoms with E-state index in [1.54, 1.807) is 0 Å². The Labute approximate surface area is 111 Å². The fourth-order valence-corrected chi connectivity index (χ4v) is 3.02. The Morgan fingerprint density at radius 3 is 2.78 bits per heavy atom. The zero-order valence-corrected chi connectivity index (χ0v) is 12.2. The van der Waals surface area contributed by atoms with Crippen molar-refractivity contribution in [2.24, 2.45) is 5.92 Å². The Morgan fingerprint density at radius 1 is 1.33 bits per heavy atom. The zero-order valence-electron chi connectivity index (χ0n) is 12.2. The van der Waals surface area contributed by atoms with E-state index in [0.29, 0.717) is 6.04 Å². The molecule has 1 aromatic carbocycles. The number of aryl methyl sites for hydroxylation is 2. The first kappa shape index (κ1) is 13.6. The van der Waals surface area contributed by atoms with Gasteiger partial charge < -0.3 is 5.32 Å². The van der Waals surface area contributed by atoms with Crippen LogP contribution in [0.25, 0.3) is 0 Å². The summed E-state index contributed by atoms with van der Waals surface area (Å²) in [7, 11) is 2.08. The van der Waals surface area contributed by atoms with Crippen LogP contribution in [0.4, 0.5) is 0 Å². The lowest BCUT2D eigenvalue weighted by molar-refractivity contribution is 0.145. The van der Waals surface area contributed by atoms with Gasteiger partial charge in [-0.25, -0.2) is 0 Å². The number of likely N-dealkylation sites (tertiary alicyclic amines) is 1. The molecule has 2 heteroatoms. The first-order chi connectivity index (χ1) is 8.60.